The zero-order chi connectivity index (χ0) is 24.0. The number of hydrogen-bond donors (Lipinski definition) is 0. The number of rotatable bonds is 5. The predicted molar refractivity (Wildman–Crippen MR) is 135 cm³/mol. The summed E-state index contributed by atoms with van der Waals surface area (Å²) in [5, 5.41) is 0. The molecular formula is C26H39BrN2O2. The van der Waals surface area contributed by atoms with Gasteiger partial charge in [0.25, 0.3) is 0 Å². The Morgan fingerprint density at radius 3 is 2.26 bits per heavy atom. The molecule has 4 nitrogen and oxygen atoms in total. The number of nitrogens with zero attached hydrogens (tertiary/aromatic N) is 2. The predicted octanol–water partition coefficient (Wildman–Crippen LogP) is 7.66. The van der Waals surface area contributed by atoms with Crippen molar-refractivity contribution in [3.63, 3.8) is 0 Å². The third kappa shape index (κ3) is 12.4. The van der Waals surface area contributed by atoms with Gasteiger partial charge in [-0.05, 0) is 105 Å². The molecule has 0 aliphatic heterocycles. The van der Waals surface area contributed by atoms with Crippen LogP contribution in [-0.4, -0.2) is 21.5 Å². The molecular weight excluding hydrogens is 452 g/mol. The third-order valence-corrected chi connectivity index (χ3v) is 4.44. The van der Waals surface area contributed by atoms with E-state index < -0.39 is 0 Å². The van der Waals surface area contributed by atoms with Crippen molar-refractivity contribution in [2.24, 2.45) is 0 Å². The summed E-state index contributed by atoms with van der Waals surface area (Å²) in [6, 6.07) is 6.27. The molecule has 0 unspecified atom stereocenters. The van der Waals surface area contributed by atoms with Crippen LogP contribution >= 0.6 is 15.9 Å². The van der Waals surface area contributed by atoms with E-state index >= 15 is 0 Å². The first-order valence-corrected chi connectivity index (χ1v) is 11.8. The lowest BCUT2D eigenvalue weighted by Gasteiger charge is -2.18. The van der Waals surface area contributed by atoms with Gasteiger partial charge in [-0.15, -0.1) is 0 Å². The molecule has 0 atom stereocenters. The maximum absolute atomic E-state index is 10.8. The molecule has 2 rings (SSSR count). The second kappa shape index (κ2) is 14.9. The molecule has 0 aliphatic rings. The van der Waals surface area contributed by atoms with Crippen LogP contribution in [0.15, 0.2) is 41.3 Å². The van der Waals surface area contributed by atoms with E-state index in [0.29, 0.717) is 6.42 Å². The van der Waals surface area contributed by atoms with Gasteiger partial charge in [0.2, 0.25) is 0 Å². The summed E-state index contributed by atoms with van der Waals surface area (Å²) in [4.78, 5) is 19.5. The number of aryl methyl sites for hydroxylation is 2. The molecule has 2 aromatic heterocycles. The summed E-state index contributed by atoms with van der Waals surface area (Å²) in [5.74, 6) is -0.102. The quantitative estimate of drug-likeness (QED) is 0.318. The normalized spacial score (nSPS) is 11.0. The first-order chi connectivity index (χ1) is 14.6. The fourth-order valence-corrected chi connectivity index (χ4v) is 2.88. The highest BCUT2D eigenvalue weighted by Crippen LogP contribution is 2.23. The van der Waals surface area contributed by atoms with Crippen LogP contribution in [-0.2, 0) is 16.0 Å². The summed E-state index contributed by atoms with van der Waals surface area (Å²) in [6.45, 7) is 17.8. The molecule has 31 heavy (non-hydrogen) atoms. The molecule has 0 fully saturated rings. The maximum atomic E-state index is 10.8. The van der Waals surface area contributed by atoms with E-state index in [1.54, 1.807) is 0 Å². The minimum atomic E-state index is -0.327. The zero-order valence-corrected chi connectivity index (χ0v) is 22.3. The molecule has 0 aliphatic carbocycles. The second-order valence-corrected chi connectivity index (χ2v) is 8.77. The molecule has 5 heteroatoms. The molecule has 0 saturated carbocycles. The molecule has 0 aromatic carbocycles. The number of carbonyl (C=O) groups is 1. The van der Waals surface area contributed by atoms with E-state index in [-0.39, 0.29) is 11.6 Å². The number of esters is 1. The topological polar surface area (TPSA) is 52.1 Å². The van der Waals surface area contributed by atoms with E-state index in [1.165, 1.54) is 22.3 Å². The molecule has 0 radical (unpaired) electrons. The van der Waals surface area contributed by atoms with Crippen LogP contribution in [0.2, 0.25) is 0 Å². The number of pyridine rings is 2. The van der Waals surface area contributed by atoms with E-state index in [0.717, 1.165) is 23.1 Å². The molecule has 0 N–H and O–H groups in total. The molecule has 2 heterocycles. The average Bonchev–Trinajstić information content (AvgIpc) is 2.70. The van der Waals surface area contributed by atoms with E-state index in [4.69, 9.17) is 4.74 Å². The number of halogens is 1. The van der Waals surface area contributed by atoms with Crippen molar-refractivity contribution < 1.29 is 9.53 Å². The van der Waals surface area contributed by atoms with Gasteiger partial charge >= 0.3 is 5.97 Å². The van der Waals surface area contributed by atoms with Gasteiger partial charge in [-0.3, -0.25) is 9.78 Å². The molecule has 0 spiro atoms. The van der Waals surface area contributed by atoms with Crippen LogP contribution in [0.5, 0.6) is 0 Å². The summed E-state index contributed by atoms with van der Waals surface area (Å²) < 4.78 is 5.91. The standard InChI is InChI=1S/C16H17BrN2.C8H16O2.C2H6/c1-4-14(8-13-5-6-16(17)19-10-13)15-7-11(2)9-18-12(15)3;1-5-6-7(9)10-8(2,3)4;1-2/h4-7,9-10H,8H2,1-3H3;5-6H2,1-4H3;1-2H3/b14-4-;;. The van der Waals surface area contributed by atoms with Gasteiger partial charge in [-0.1, -0.05) is 32.9 Å². The fraction of sp³-hybridized carbons (Fsp3) is 0.500. The number of carbonyl (C=O) groups excluding carboxylic acids is 1. The lowest BCUT2D eigenvalue weighted by molar-refractivity contribution is -0.154. The van der Waals surface area contributed by atoms with Gasteiger partial charge in [0, 0.05) is 24.5 Å². The Labute approximate surface area is 197 Å². The Morgan fingerprint density at radius 2 is 1.77 bits per heavy atom. The van der Waals surface area contributed by atoms with Crippen molar-refractivity contribution in [1.82, 2.24) is 9.97 Å². The minimum absolute atomic E-state index is 0.102. The third-order valence-electron chi connectivity index (χ3n) is 3.98. The van der Waals surface area contributed by atoms with Crippen molar-refractivity contribution in [2.75, 3.05) is 0 Å². The van der Waals surface area contributed by atoms with Crippen LogP contribution in [0, 0.1) is 13.8 Å². The van der Waals surface area contributed by atoms with Crippen molar-refractivity contribution in [2.45, 2.75) is 87.2 Å². The van der Waals surface area contributed by atoms with Gasteiger partial charge < -0.3 is 4.74 Å². The van der Waals surface area contributed by atoms with E-state index in [1.807, 2.05) is 60.0 Å². The van der Waals surface area contributed by atoms with Crippen LogP contribution < -0.4 is 0 Å². The lowest BCUT2D eigenvalue weighted by Crippen LogP contribution is -2.23. The Bertz CT molecular complexity index is 822. The van der Waals surface area contributed by atoms with Gasteiger partial charge in [-0.25, -0.2) is 4.98 Å². The van der Waals surface area contributed by atoms with Crippen molar-refractivity contribution in [3.05, 3.63) is 63.7 Å². The smallest absolute Gasteiger partial charge is 0.306 e. The number of ether oxygens (including phenoxy) is 1. The Balaban J connectivity index is 0.000000639. The van der Waals surface area contributed by atoms with Gasteiger partial charge in [-0.2, -0.15) is 0 Å². The molecule has 0 saturated heterocycles. The van der Waals surface area contributed by atoms with Crippen LogP contribution in [0.1, 0.15) is 83.7 Å². The Kier molecular flexibility index (Phi) is 13.9. The largest absolute Gasteiger partial charge is 0.460 e. The van der Waals surface area contributed by atoms with E-state index in [9.17, 15) is 4.79 Å². The van der Waals surface area contributed by atoms with E-state index in [2.05, 4.69) is 64.9 Å². The maximum Gasteiger partial charge on any atom is 0.306 e. The Hall–Kier alpha value is -2.01. The first-order valence-electron chi connectivity index (χ1n) is 11.0. The van der Waals surface area contributed by atoms with Crippen molar-refractivity contribution in [1.29, 1.82) is 0 Å². The van der Waals surface area contributed by atoms with Gasteiger partial charge in [0.15, 0.2) is 0 Å². The van der Waals surface area contributed by atoms with Crippen LogP contribution in [0.3, 0.4) is 0 Å². The summed E-state index contributed by atoms with van der Waals surface area (Å²) >= 11 is 3.36. The van der Waals surface area contributed by atoms with Crippen molar-refractivity contribution >= 4 is 27.5 Å². The fourth-order valence-electron chi connectivity index (χ4n) is 2.64. The highest BCUT2D eigenvalue weighted by molar-refractivity contribution is 9.10. The van der Waals surface area contributed by atoms with Gasteiger partial charge in [0.05, 0.1) is 0 Å². The van der Waals surface area contributed by atoms with Crippen LogP contribution in [0.4, 0.5) is 0 Å². The highest BCUT2D eigenvalue weighted by atomic mass is 79.9. The van der Waals surface area contributed by atoms with Crippen LogP contribution in [0.25, 0.3) is 5.57 Å². The number of allylic oxidation sites excluding steroid dienone is 2. The SMILES string of the molecule is C/C=C(/Cc1ccc(Br)nc1)c1cc(C)cnc1C.CC.CCCC(=O)OC(C)(C)C. The second-order valence-electron chi connectivity index (χ2n) is 7.96. The Morgan fingerprint density at radius 1 is 1.13 bits per heavy atom. The summed E-state index contributed by atoms with van der Waals surface area (Å²) in [7, 11) is 0. The minimum Gasteiger partial charge on any atom is -0.460 e. The number of aromatic nitrogens is 2. The molecule has 0 bridgehead atoms. The molecule has 172 valence electrons. The average molecular weight is 492 g/mol. The lowest BCUT2D eigenvalue weighted by atomic mass is 9.97. The monoisotopic (exact) mass is 490 g/mol. The zero-order valence-electron chi connectivity index (χ0n) is 20.7. The highest BCUT2D eigenvalue weighted by Gasteiger charge is 2.14. The molecule has 2 aromatic rings. The number of hydrogen-bond acceptors (Lipinski definition) is 4. The molecule has 0 amide bonds. The van der Waals surface area contributed by atoms with Crippen molar-refractivity contribution in [3.8, 4) is 0 Å². The summed E-state index contributed by atoms with van der Waals surface area (Å²) in [6.07, 6.45) is 8.24. The summed E-state index contributed by atoms with van der Waals surface area (Å²) in [5.41, 5.74) is 5.66. The first kappa shape index (κ1) is 29.0. The van der Waals surface area contributed by atoms with Gasteiger partial charge in [0.1, 0.15) is 10.2 Å².